The summed E-state index contributed by atoms with van der Waals surface area (Å²) in [6.07, 6.45) is 3.31. The van der Waals surface area contributed by atoms with E-state index in [0.717, 1.165) is 24.6 Å². The van der Waals surface area contributed by atoms with Gasteiger partial charge in [-0.25, -0.2) is 8.78 Å². The van der Waals surface area contributed by atoms with Crippen molar-refractivity contribution in [2.75, 3.05) is 6.54 Å². The molecule has 3 aromatic rings. The molecular weight excluding hydrogens is 314 g/mol. The van der Waals surface area contributed by atoms with Crippen LogP contribution in [0.4, 0.5) is 8.78 Å². The lowest BCUT2D eigenvalue weighted by molar-refractivity contribution is 0.0724. The molecule has 0 N–H and O–H groups in total. The third-order valence-corrected chi connectivity index (χ3v) is 4.31. The molecule has 7 heteroatoms. The molecule has 3 heterocycles. The van der Waals surface area contributed by atoms with E-state index in [1.165, 1.54) is 0 Å². The Hall–Kier alpha value is -2.83. The molecule has 0 bridgehead atoms. The van der Waals surface area contributed by atoms with Crippen LogP contribution in [0.25, 0.3) is 5.65 Å². The number of carbonyl (C=O) groups is 1. The zero-order valence-electron chi connectivity index (χ0n) is 12.7. The Balaban J connectivity index is 1.72. The Bertz CT molecular complexity index is 924. The van der Waals surface area contributed by atoms with E-state index in [1.807, 2.05) is 28.8 Å². The second kappa shape index (κ2) is 5.67. The normalized spacial score (nSPS) is 17.6. The van der Waals surface area contributed by atoms with Crippen LogP contribution in [0.2, 0.25) is 0 Å². The third kappa shape index (κ3) is 2.33. The van der Waals surface area contributed by atoms with Crippen molar-refractivity contribution in [3.05, 3.63) is 65.6 Å². The lowest BCUT2D eigenvalue weighted by atomic mass is 10.1. The van der Waals surface area contributed by atoms with Gasteiger partial charge in [0.25, 0.3) is 5.91 Å². The predicted molar refractivity (Wildman–Crippen MR) is 82.4 cm³/mol. The second-order valence-corrected chi connectivity index (χ2v) is 5.77. The molecule has 122 valence electrons. The Kier molecular flexibility index (Phi) is 3.48. The summed E-state index contributed by atoms with van der Waals surface area (Å²) in [6, 6.07) is 8.14. The minimum absolute atomic E-state index is 0.254. The van der Waals surface area contributed by atoms with Crippen LogP contribution in [0.15, 0.2) is 42.6 Å². The van der Waals surface area contributed by atoms with Crippen LogP contribution in [0.3, 0.4) is 0 Å². The minimum Gasteiger partial charge on any atom is -0.328 e. The van der Waals surface area contributed by atoms with E-state index in [4.69, 9.17) is 0 Å². The molecule has 0 aliphatic carbocycles. The van der Waals surface area contributed by atoms with Crippen LogP contribution in [-0.2, 0) is 0 Å². The summed E-state index contributed by atoms with van der Waals surface area (Å²) in [5.41, 5.74) is 0.430. The molecule has 1 aliphatic rings. The van der Waals surface area contributed by atoms with Crippen molar-refractivity contribution in [3.8, 4) is 0 Å². The van der Waals surface area contributed by atoms with Gasteiger partial charge in [0.05, 0.1) is 11.6 Å². The number of aromatic nitrogens is 3. The fraction of sp³-hybridized carbons (Fsp3) is 0.235. The fourth-order valence-corrected chi connectivity index (χ4v) is 3.18. The van der Waals surface area contributed by atoms with Crippen molar-refractivity contribution < 1.29 is 13.6 Å². The zero-order valence-corrected chi connectivity index (χ0v) is 12.7. The lowest BCUT2D eigenvalue weighted by Crippen LogP contribution is -2.32. The van der Waals surface area contributed by atoms with Gasteiger partial charge in [-0.05, 0) is 43.2 Å². The maximum Gasteiger partial charge on any atom is 0.257 e. The lowest BCUT2D eigenvalue weighted by Gasteiger charge is -2.23. The van der Waals surface area contributed by atoms with Gasteiger partial charge in [-0.1, -0.05) is 6.07 Å². The summed E-state index contributed by atoms with van der Waals surface area (Å²) in [4.78, 5) is 14.3. The molecular formula is C17H14F2N4O. The van der Waals surface area contributed by atoms with Crippen molar-refractivity contribution in [2.45, 2.75) is 18.9 Å². The highest BCUT2D eigenvalue weighted by atomic mass is 19.1. The summed E-state index contributed by atoms with van der Waals surface area (Å²) in [6.45, 7) is 0.473. The highest BCUT2D eigenvalue weighted by Crippen LogP contribution is 2.32. The van der Waals surface area contributed by atoms with Crippen LogP contribution < -0.4 is 0 Å². The van der Waals surface area contributed by atoms with Gasteiger partial charge in [-0.15, -0.1) is 10.2 Å². The molecule has 1 atom stereocenters. The summed E-state index contributed by atoms with van der Waals surface area (Å²) < 4.78 is 29.2. The van der Waals surface area contributed by atoms with Crippen LogP contribution in [0.5, 0.6) is 0 Å². The number of pyridine rings is 1. The van der Waals surface area contributed by atoms with Crippen molar-refractivity contribution in [3.63, 3.8) is 0 Å². The van der Waals surface area contributed by atoms with Gasteiger partial charge < -0.3 is 4.90 Å². The molecule has 1 fully saturated rings. The molecule has 0 spiro atoms. The molecule has 1 amide bonds. The SMILES string of the molecule is O=C(c1cc(F)ccc1F)N1CCC[C@@H]1c1nnc2ccccn12. The smallest absolute Gasteiger partial charge is 0.257 e. The van der Waals surface area contributed by atoms with Gasteiger partial charge in [-0.3, -0.25) is 9.20 Å². The van der Waals surface area contributed by atoms with Crippen LogP contribution in [0, 0.1) is 11.6 Å². The maximum atomic E-state index is 13.9. The number of hydrogen-bond acceptors (Lipinski definition) is 3. The third-order valence-electron chi connectivity index (χ3n) is 4.31. The number of nitrogens with zero attached hydrogens (tertiary/aromatic N) is 4. The highest BCUT2D eigenvalue weighted by Gasteiger charge is 2.34. The van der Waals surface area contributed by atoms with Crippen LogP contribution in [-0.4, -0.2) is 31.9 Å². The van der Waals surface area contributed by atoms with E-state index >= 15 is 0 Å². The molecule has 0 radical (unpaired) electrons. The summed E-state index contributed by atoms with van der Waals surface area (Å²) in [5.74, 6) is -1.25. The van der Waals surface area contributed by atoms with Gasteiger partial charge in [0.2, 0.25) is 0 Å². The van der Waals surface area contributed by atoms with E-state index in [0.29, 0.717) is 24.4 Å². The second-order valence-electron chi connectivity index (χ2n) is 5.77. The maximum absolute atomic E-state index is 13.9. The van der Waals surface area contributed by atoms with Crippen molar-refractivity contribution in [1.82, 2.24) is 19.5 Å². The highest BCUT2D eigenvalue weighted by molar-refractivity contribution is 5.95. The van der Waals surface area contributed by atoms with Crippen molar-refractivity contribution >= 4 is 11.6 Å². The Morgan fingerprint density at radius 3 is 2.92 bits per heavy atom. The van der Waals surface area contributed by atoms with E-state index in [-0.39, 0.29) is 11.6 Å². The fourth-order valence-electron chi connectivity index (χ4n) is 3.18. The van der Waals surface area contributed by atoms with Crippen molar-refractivity contribution in [1.29, 1.82) is 0 Å². The van der Waals surface area contributed by atoms with E-state index in [9.17, 15) is 13.6 Å². The molecule has 0 unspecified atom stereocenters. The zero-order chi connectivity index (χ0) is 16.7. The Labute approximate surface area is 136 Å². The molecule has 1 saturated heterocycles. The summed E-state index contributed by atoms with van der Waals surface area (Å²) in [5, 5.41) is 8.30. The summed E-state index contributed by atoms with van der Waals surface area (Å²) >= 11 is 0. The predicted octanol–water partition coefficient (Wildman–Crippen LogP) is 2.98. The molecule has 24 heavy (non-hydrogen) atoms. The first kappa shape index (κ1) is 14.7. The molecule has 4 rings (SSSR count). The number of amides is 1. The monoisotopic (exact) mass is 328 g/mol. The first-order valence-electron chi connectivity index (χ1n) is 7.71. The van der Waals surface area contributed by atoms with E-state index in [1.54, 1.807) is 4.90 Å². The quantitative estimate of drug-likeness (QED) is 0.727. The molecule has 5 nitrogen and oxygen atoms in total. The first-order valence-corrected chi connectivity index (χ1v) is 7.71. The average molecular weight is 328 g/mol. The van der Waals surface area contributed by atoms with Gasteiger partial charge in [-0.2, -0.15) is 0 Å². The number of carbonyl (C=O) groups excluding carboxylic acids is 1. The van der Waals surface area contributed by atoms with E-state index < -0.39 is 17.5 Å². The standard InChI is InChI=1S/C17H14F2N4O/c18-11-6-7-13(19)12(10-11)17(24)22-9-3-4-14(22)16-21-20-15-5-1-2-8-23(15)16/h1-2,5-8,10,14H,3-4,9H2/t14-/m1/s1. The Morgan fingerprint density at radius 1 is 1.17 bits per heavy atom. The van der Waals surface area contributed by atoms with E-state index in [2.05, 4.69) is 10.2 Å². The number of rotatable bonds is 2. The van der Waals surface area contributed by atoms with Gasteiger partial charge >= 0.3 is 0 Å². The van der Waals surface area contributed by atoms with Gasteiger partial charge in [0, 0.05) is 12.7 Å². The summed E-state index contributed by atoms with van der Waals surface area (Å²) in [7, 11) is 0. The molecule has 1 aliphatic heterocycles. The topological polar surface area (TPSA) is 50.5 Å². The van der Waals surface area contributed by atoms with Crippen molar-refractivity contribution in [2.24, 2.45) is 0 Å². The van der Waals surface area contributed by atoms with Gasteiger partial charge in [0.15, 0.2) is 11.5 Å². The molecule has 2 aromatic heterocycles. The number of hydrogen-bond donors (Lipinski definition) is 0. The average Bonchev–Trinajstić information content (AvgIpc) is 3.22. The number of benzene rings is 1. The Morgan fingerprint density at radius 2 is 2.04 bits per heavy atom. The number of halogens is 2. The van der Waals surface area contributed by atoms with Crippen LogP contribution in [0.1, 0.15) is 35.1 Å². The van der Waals surface area contributed by atoms with Gasteiger partial charge in [0.1, 0.15) is 11.6 Å². The molecule has 0 saturated carbocycles. The number of fused-ring (bicyclic) bond motifs is 1. The number of likely N-dealkylation sites (tertiary alicyclic amines) is 1. The minimum atomic E-state index is -0.724. The van der Waals surface area contributed by atoms with Crippen LogP contribution >= 0.6 is 0 Å². The molecule has 1 aromatic carbocycles. The largest absolute Gasteiger partial charge is 0.328 e. The first-order chi connectivity index (χ1) is 11.6.